The molecule has 0 aliphatic rings. The van der Waals surface area contributed by atoms with Gasteiger partial charge < -0.3 is 4.52 Å². The van der Waals surface area contributed by atoms with Crippen LogP contribution in [0.2, 0.25) is 0 Å². The molecule has 0 bridgehead atoms. The molecule has 0 heterocycles. The zero-order valence-electron chi connectivity index (χ0n) is 15.1. The van der Waals surface area contributed by atoms with E-state index in [4.69, 9.17) is 4.52 Å². The van der Waals surface area contributed by atoms with Gasteiger partial charge in [0.25, 0.3) is 0 Å². The zero-order chi connectivity index (χ0) is 18.7. The standard InChI is InChI=1S/C22H21O3P/c1-16-14-17(2)21(18(3)15-16)22(23)25-26(24,19-10-6-4-7-11-19)20-12-8-5-9-13-20/h4-15H,1-3H3. The number of carbonyl (C=O) groups is 1. The lowest BCUT2D eigenvalue weighted by atomic mass is 10.0. The van der Waals surface area contributed by atoms with Crippen LogP contribution in [0, 0.1) is 20.8 Å². The Kier molecular flexibility index (Phi) is 5.11. The number of benzene rings is 3. The van der Waals surface area contributed by atoms with E-state index in [-0.39, 0.29) is 0 Å². The minimum atomic E-state index is -3.55. The largest absolute Gasteiger partial charge is 0.401 e. The summed E-state index contributed by atoms with van der Waals surface area (Å²) in [4.78, 5) is 13.0. The van der Waals surface area contributed by atoms with Crippen molar-refractivity contribution in [2.45, 2.75) is 20.8 Å². The van der Waals surface area contributed by atoms with Gasteiger partial charge in [-0.3, -0.25) is 4.57 Å². The second-order valence-electron chi connectivity index (χ2n) is 6.38. The Morgan fingerprint density at radius 3 is 1.62 bits per heavy atom. The molecule has 0 amide bonds. The van der Waals surface area contributed by atoms with E-state index >= 15 is 0 Å². The Balaban J connectivity index is 2.08. The SMILES string of the molecule is Cc1cc(C)c(C(=O)OP(=O)(c2ccccc2)c2ccccc2)c(C)c1. The van der Waals surface area contributed by atoms with E-state index in [0.717, 1.165) is 16.7 Å². The fraction of sp³-hybridized carbons (Fsp3) is 0.136. The van der Waals surface area contributed by atoms with Gasteiger partial charge in [0.05, 0.1) is 16.2 Å². The summed E-state index contributed by atoms with van der Waals surface area (Å²) in [5.74, 6) is -0.559. The van der Waals surface area contributed by atoms with Crippen molar-refractivity contribution in [1.82, 2.24) is 0 Å². The number of hydrogen-bond donors (Lipinski definition) is 0. The lowest BCUT2D eigenvalue weighted by Gasteiger charge is -2.20. The molecule has 3 aromatic rings. The summed E-state index contributed by atoms with van der Waals surface area (Å²) >= 11 is 0. The Morgan fingerprint density at radius 1 is 0.769 bits per heavy atom. The quantitative estimate of drug-likeness (QED) is 0.631. The maximum atomic E-state index is 13.8. The van der Waals surface area contributed by atoms with E-state index in [0.29, 0.717) is 16.2 Å². The number of hydrogen-bond acceptors (Lipinski definition) is 3. The highest BCUT2D eigenvalue weighted by atomic mass is 31.2. The molecule has 0 unspecified atom stereocenters. The molecule has 0 fully saturated rings. The topological polar surface area (TPSA) is 43.4 Å². The summed E-state index contributed by atoms with van der Waals surface area (Å²) in [7, 11) is -3.55. The maximum Gasteiger partial charge on any atom is 0.344 e. The van der Waals surface area contributed by atoms with Crippen LogP contribution in [0.15, 0.2) is 72.8 Å². The molecular formula is C22H21O3P. The first kappa shape index (κ1) is 18.2. The monoisotopic (exact) mass is 364 g/mol. The molecule has 0 aliphatic heterocycles. The first-order chi connectivity index (χ1) is 12.4. The van der Waals surface area contributed by atoms with Crippen LogP contribution in [0.1, 0.15) is 27.0 Å². The van der Waals surface area contributed by atoms with Gasteiger partial charge in [0.2, 0.25) is 0 Å². The van der Waals surface area contributed by atoms with Crippen molar-refractivity contribution in [1.29, 1.82) is 0 Å². The summed E-state index contributed by atoms with van der Waals surface area (Å²) in [5.41, 5.74) is 3.19. The van der Waals surface area contributed by atoms with Crippen LogP contribution in [-0.2, 0) is 9.09 Å². The van der Waals surface area contributed by atoms with Gasteiger partial charge >= 0.3 is 13.3 Å². The van der Waals surface area contributed by atoms with Crippen LogP contribution >= 0.6 is 7.37 Å². The van der Waals surface area contributed by atoms with Crippen LogP contribution in [0.5, 0.6) is 0 Å². The van der Waals surface area contributed by atoms with Gasteiger partial charge in [-0.2, -0.15) is 0 Å². The third kappa shape index (κ3) is 3.49. The van der Waals surface area contributed by atoms with Crippen LogP contribution in [0.25, 0.3) is 0 Å². The van der Waals surface area contributed by atoms with Gasteiger partial charge in [-0.05, 0) is 56.2 Å². The van der Waals surface area contributed by atoms with Crippen LogP contribution in [0.3, 0.4) is 0 Å². The van der Waals surface area contributed by atoms with E-state index in [2.05, 4.69) is 0 Å². The molecule has 0 radical (unpaired) electrons. The van der Waals surface area contributed by atoms with E-state index in [1.54, 1.807) is 48.5 Å². The third-order valence-electron chi connectivity index (χ3n) is 4.28. The van der Waals surface area contributed by atoms with Crippen molar-refractivity contribution in [2.24, 2.45) is 0 Å². The smallest absolute Gasteiger partial charge is 0.344 e. The van der Waals surface area contributed by atoms with Crippen molar-refractivity contribution < 1.29 is 13.9 Å². The summed E-state index contributed by atoms with van der Waals surface area (Å²) < 4.78 is 19.6. The van der Waals surface area contributed by atoms with Crippen molar-refractivity contribution in [3.05, 3.63) is 95.1 Å². The highest BCUT2D eigenvalue weighted by Gasteiger charge is 2.33. The van der Waals surface area contributed by atoms with Gasteiger partial charge in [0, 0.05) is 0 Å². The molecule has 0 aliphatic carbocycles. The third-order valence-corrected chi connectivity index (χ3v) is 6.66. The fourth-order valence-electron chi connectivity index (χ4n) is 3.17. The first-order valence-electron chi connectivity index (χ1n) is 8.45. The van der Waals surface area contributed by atoms with Gasteiger partial charge in [0.1, 0.15) is 0 Å². The Bertz CT molecular complexity index is 912. The minimum Gasteiger partial charge on any atom is -0.401 e. The summed E-state index contributed by atoms with van der Waals surface area (Å²) in [6, 6.07) is 21.6. The summed E-state index contributed by atoms with van der Waals surface area (Å²) in [6.45, 7) is 5.72. The van der Waals surface area contributed by atoms with Crippen molar-refractivity contribution >= 4 is 23.9 Å². The molecule has 132 valence electrons. The van der Waals surface area contributed by atoms with E-state index < -0.39 is 13.3 Å². The average Bonchev–Trinajstić information content (AvgIpc) is 2.62. The van der Waals surface area contributed by atoms with Crippen molar-refractivity contribution in [3.63, 3.8) is 0 Å². The van der Waals surface area contributed by atoms with E-state index in [1.165, 1.54) is 0 Å². The molecule has 0 aromatic heterocycles. The Labute approximate surface area is 154 Å². The summed E-state index contributed by atoms with van der Waals surface area (Å²) in [6.07, 6.45) is 0. The Hall–Kier alpha value is -2.64. The molecule has 0 atom stereocenters. The van der Waals surface area contributed by atoms with Crippen molar-refractivity contribution in [2.75, 3.05) is 0 Å². The Morgan fingerprint density at radius 2 is 1.19 bits per heavy atom. The van der Waals surface area contributed by atoms with Gasteiger partial charge in [-0.15, -0.1) is 0 Å². The molecule has 4 heteroatoms. The number of aryl methyl sites for hydroxylation is 3. The predicted octanol–water partition coefficient (Wildman–Crippen LogP) is 4.70. The normalized spacial score (nSPS) is 11.2. The fourth-order valence-corrected chi connectivity index (χ4v) is 5.13. The molecule has 0 saturated carbocycles. The van der Waals surface area contributed by atoms with E-state index in [1.807, 2.05) is 45.0 Å². The molecule has 0 saturated heterocycles. The molecule has 0 N–H and O–H groups in total. The molecule has 3 nitrogen and oxygen atoms in total. The zero-order valence-corrected chi connectivity index (χ0v) is 16.0. The van der Waals surface area contributed by atoms with E-state index in [9.17, 15) is 9.36 Å². The molecule has 3 rings (SSSR count). The molecular weight excluding hydrogens is 343 g/mol. The predicted molar refractivity (Wildman–Crippen MR) is 106 cm³/mol. The second kappa shape index (κ2) is 7.31. The number of carbonyl (C=O) groups excluding carboxylic acids is 1. The maximum absolute atomic E-state index is 13.8. The molecule has 0 spiro atoms. The molecule has 26 heavy (non-hydrogen) atoms. The van der Waals surface area contributed by atoms with Crippen LogP contribution in [0.4, 0.5) is 0 Å². The molecule has 3 aromatic carbocycles. The lowest BCUT2D eigenvalue weighted by Crippen LogP contribution is -2.21. The van der Waals surface area contributed by atoms with Gasteiger partial charge in [0.15, 0.2) is 0 Å². The van der Waals surface area contributed by atoms with Crippen LogP contribution in [-0.4, -0.2) is 5.97 Å². The lowest BCUT2D eigenvalue weighted by molar-refractivity contribution is 0.0745. The first-order valence-corrected chi connectivity index (χ1v) is 10.1. The number of rotatable bonds is 4. The highest BCUT2D eigenvalue weighted by molar-refractivity contribution is 7.74. The summed E-state index contributed by atoms with van der Waals surface area (Å²) in [5, 5.41) is 1.00. The van der Waals surface area contributed by atoms with Crippen LogP contribution < -0.4 is 10.6 Å². The van der Waals surface area contributed by atoms with Gasteiger partial charge in [-0.1, -0.05) is 54.1 Å². The minimum absolute atomic E-state index is 0.475. The van der Waals surface area contributed by atoms with Crippen molar-refractivity contribution in [3.8, 4) is 0 Å². The second-order valence-corrected chi connectivity index (χ2v) is 8.69. The highest BCUT2D eigenvalue weighted by Crippen LogP contribution is 2.45. The average molecular weight is 364 g/mol. The van der Waals surface area contributed by atoms with Gasteiger partial charge in [-0.25, -0.2) is 4.79 Å².